The van der Waals surface area contributed by atoms with Crippen LogP contribution in [0.25, 0.3) is 11.0 Å². The molecule has 1 amide bonds. The molecule has 0 radical (unpaired) electrons. The fourth-order valence-electron chi connectivity index (χ4n) is 12.0. The predicted octanol–water partition coefficient (Wildman–Crippen LogP) is 7.73. The average molecular weight is 612 g/mol. The van der Waals surface area contributed by atoms with Crippen molar-refractivity contribution in [1.82, 2.24) is 15.3 Å². The maximum absolute atomic E-state index is 14.1. The summed E-state index contributed by atoms with van der Waals surface area (Å²) in [4.78, 5) is 36.7. The van der Waals surface area contributed by atoms with Crippen molar-refractivity contribution in [3.8, 4) is 0 Å². The van der Waals surface area contributed by atoms with E-state index in [1.807, 2.05) is 0 Å². The molecule has 5 aliphatic rings. The third kappa shape index (κ3) is 4.18. The Hall–Kier alpha value is -2.76. The summed E-state index contributed by atoms with van der Waals surface area (Å²) in [6, 6.07) is 8.34. The number of nitrogens with zero attached hydrogens (tertiary/aromatic N) is 2. The van der Waals surface area contributed by atoms with Gasteiger partial charge >= 0.3 is 5.97 Å². The molecule has 2 aromatic rings. The van der Waals surface area contributed by atoms with Gasteiger partial charge in [-0.2, -0.15) is 0 Å². The van der Waals surface area contributed by atoms with E-state index in [9.17, 15) is 9.59 Å². The Bertz CT molecular complexity index is 1610. The van der Waals surface area contributed by atoms with Crippen LogP contribution in [0, 0.1) is 44.8 Å². The van der Waals surface area contributed by atoms with E-state index in [-0.39, 0.29) is 51.4 Å². The summed E-state index contributed by atoms with van der Waals surface area (Å²) < 4.78 is 4.87. The van der Waals surface area contributed by atoms with Gasteiger partial charge in [-0.1, -0.05) is 72.2 Å². The minimum atomic E-state index is -0.457. The summed E-state index contributed by atoms with van der Waals surface area (Å²) in [5, 5.41) is 3.01. The average Bonchev–Trinajstić information content (AvgIpc) is 2.98. The largest absolute Gasteiger partial charge is 0.468 e. The monoisotopic (exact) mass is 611 g/mol. The molecular weight excluding hydrogens is 558 g/mol. The van der Waals surface area contributed by atoms with Gasteiger partial charge in [0.05, 0.1) is 34.9 Å². The van der Waals surface area contributed by atoms with Crippen molar-refractivity contribution < 1.29 is 14.3 Å². The SMILES string of the molecule is COC(=O)CNC(=O)[C@]12CCC(C)(C)C[C@H]1C1=CC[C@@H]3[C@@]4(C)Cc5nc6ccccc6nc5C(C)(C)C4CC[C@@]3(C)[C@]1(C)CC2. The molecule has 0 saturated heterocycles. The first kappa shape index (κ1) is 30.9. The van der Waals surface area contributed by atoms with Crippen LogP contribution in [-0.4, -0.2) is 35.5 Å². The highest BCUT2D eigenvalue weighted by atomic mass is 16.5. The van der Waals surface area contributed by atoms with E-state index in [4.69, 9.17) is 14.7 Å². The van der Waals surface area contributed by atoms with Crippen molar-refractivity contribution in [3.05, 3.63) is 47.3 Å². The lowest BCUT2D eigenvalue weighted by atomic mass is 9.33. The van der Waals surface area contributed by atoms with Crippen molar-refractivity contribution in [2.45, 2.75) is 112 Å². The highest BCUT2D eigenvalue weighted by Crippen LogP contribution is 2.75. The molecule has 6 nitrogen and oxygen atoms in total. The number of rotatable bonds is 3. The van der Waals surface area contributed by atoms with Gasteiger partial charge in [-0.3, -0.25) is 9.59 Å². The Morgan fingerprint density at radius 3 is 2.31 bits per heavy atom. The van der Waals surface area contributed by atoms with Gasteiger partial charge < -0.3 is 10.1 Å². The number of hydrogen-bond donors (Lipinski definition) is 1. The third-order valence-electron chi connectivity index (χ3n) is 14.6. The summed E-state index contributed by atoms with van der Waals surface area (Å²) in [6.45, 7) is 17.3. The van der Waals surface area contributed by atoms with Crippen molar-refractivity contribution >= 4 is 22.9 Å². The number of nitrogens with one attached hydrogen (secondary N) is 1. The van der Waals surface area contributed by atoms with Gasteiger partial charge in [-0.15, -0.1) is 0 Å². The molecular formula is C39H53N3O3. The molecule has 3 fully saturated rings. The van der Waals surface area contributed by atoms with E-state index in [2.05, 4.69) is 84.1 Å². The van der Waals surface area contributed by atoms with Crippen molar-refractivity contribution in [2.75, 3.05) is 13.7 Å². The lowest BCUT2D eigenvalue weighted by molar-refractivity contribution is -0.168. The second kappa shape index (κ2) is 9.87. The van der Waals surface area contributed by atoms with Gasteiger partial charge in [-0.25, -0.2) is 9.97 Å². The number of hydrogen-bond acceptors (Lipinski definition) is 5. The summed E-state index contributed by atoms with van der Waals surface area (Å²) in [5.74, 6) is 0.915. The summed E-state index contributed by atoms with van der Waals surface area (Å²) >= 11 is 0. The number of carbonyl (C=O) groups is 2. The minimum absolute atomic E-state index is 0.0214. The molecule has 0 bridgehead atoms. The summed E-state index contributed by atoms with van der Waals surface area (Å²) in [6.07, 6.45) is 11.8. The number of fused-ring (bicyclic) bond motifs is 9. The highest BCUT2D eigenvalue weighted by Gasteiger charge is 2.69. The van der Waals surface area contributed by atoms with Crippen molar-refractivity contribution in [3.63, 3.8) is 0 Å². The van der Waals surface area contributed by atoms with E-state index < -0.39 is 5.41 Å². The Labute approximate surface area is 269 Å². The summed E-state index contributed by atoms with van der Waals surface area (Å²) in [7, 11) is 1.38. The Morgan fingerprint density at radius 2 is 1.60 bits per heavy atom. The molecule has 45 heavy (non-hydrogen) atoms. The van der Waals surface area contributed by atoms with Crippen LogP contribution in [-0.2, 0) is 26.2 Å². The van der Waals surface area contributed by atoms with Gasteiger partial charge in [0.15, 0.2) is 0 Å². The number of amides is 1. The molecule has 1 aromatic heterocycles. The number of benzene rings is 1. The lowest BCUT2D eigenvalue weighted by Crippen LogP contribution is -2.65. The van der Waals surface area contributed by atoms with Gasteiger partial charge in [0, 0.05) is 5.41 Å². The fourth-order valence-corrected chi connectivity index (χ4v) is 12.0. The molecule has 7 atom stereocenters. The standard InChI is InChI=1S/C39H53N3O3/c1-34(2)17-19-39(33(44)40-23-31(43)45-8)20-18-37(6)24(25(39)21-34)13-14-30-36(5)22-28-32(42-27-12-10-9-11-26(27)41-28)35(3,4)29(36)15-16-38(30,37)7/h9-13,25,29-30H,14-23H2,1-8H3,(H,40,44)/t25-,29?,30+,36-,37+,38+,39-/m0/s1. The zero-order valence-corrected chi connectivity index (χ0v) is 28.8. The second-order valence-corrected chi connectivity index (χ2v) is 17.5. The zero-order valence-electron chi connectivity index (χ0n) is 28.8. The van der Waals surface area contributed by atoms with E-state index in [0.29, 0.717) is 11.8 Å². The van der Waals surface area contributed by atoms with E-state index >= 15 is 0 Å². The smallest absolute Gasteiger partial charge is 0.325 e. The zero-order chi connectivity index (χ0) is 32.2. The first-order valence-corrected chi connectivity index (χ1v) is 17.4. The van der Waals surface area contributed by atoms with Crippen LogP contribution in [0.1, 0.15) is 111 Å². The topological polar surface area (TPSA) is 81.2 Å². The number of methoxy groups -OCH3 is 1. The van der Waals surface area contributed by atoms with Gasteiger partial charge in [0.25, 0.3) is 0 Å². The van der Waals surface area contributed by atoms with Crippen LogP contribution in [0.15, 0.2) is 35.9 Å². The number of esters is 1. The van der Waals surface area contributed by atoms with Gasteiger partial charge in [0.1, 0.15) is 6.54 Å². The van der Waals surface area contributed by atoms with Crippen LogP contribution >= 0.6 is 0 Å². The summed E-state index contributed by atoms with van der Waals surface area (Å²) in [5.41, 5.74) is 5.85. The fraction of sp³-hybridized carbons (Fsp3) is 0.692. The van der Waals surface area contributed by atoms with E-state index in [0.717, 1.165) is 56.0 Å². The molecule has 7 rings (SSSR count). The molecule has 6 heteroatoms. The normalized spacial score (nSPS) is 39.2. The minimum Gasteiger partial charge on any atom is -0.468 e. The van der Waals surface area contributed by atoms with E-state index in [1.165, 1.54) is 36.9 Å². The molecule has 1 unspecified atom stereocenters. The number of aromatic nitrogens is 2. The van der Waals surface area contributed by atoms with Crippen molar-refractivity contribution in [2.24, 2.45) is 44.8 Å². The second-order valence-electron chi connectivity index (χ2n) is 17.5. The lowest BCUT2D eigenvalue weighted by Gasteiger charge is -2.70. The molecule has 242 valence electrons. The van der Waals surface area contributed by atoms with Crippen LogP contribution in [0.2, 0.25) is 0 Å². The molecule has 1 aromatic carbocycles. The quantitative estimate of drug-likeness (QED) is 0.284. The maximum atomic E-state index is 14.1. The number of allylic oxidation sites excluding steroid dienone is 2. The molecule has 1 N–H and O–H groups in total. The molecule has 5 aliphatic carbocycles. The van der Waals surface area contributed by atoms with E-state index in [1.54, 1.807) is 0 Å². The Balaban J connectivity index is 1.30. The van der Waals surface area contributed by atoms with Crippen LogP contribution < -0.4 is 5.32 Å². The van der Waals surface area contributed by atoms with Crippen LogP contribution in [0.3, 0.4) is 0 Å². The number of carbonyl (C=O) groups excluding carboxylic acids is 2. The predicted molar refractivity (Wildman–Crippen MR) is 177 cm³/mol. The maximum Gasteiger partial charge on any atom is 0.325 e. The number of para-hydroxylation sites is 2. The van der Waals surface area contributed by atoms with Crippen molar-refractivity contribution in [1.29, 1.82) is 0 Å². The highest BCUT2D eigenvalue weighted by molar-refractivity contribution is 5.87. The van der Waals surface area contributed by atoms with Gasteiger partial charge in [-0.05, 0) is 109 Å². The van der Waals surface area contributed by atoms with Gasteiger partial charge in [0.2, 0.25) is 5.91 Å². The third-order valence-corrected chi connectivity index (χ3v) is 14.6. The number of ether oxygens (including phenoxy) is 1. The van der Waals surface area contributed by atoms with Crippen LogP contribution in [0.4, 0.5) is 0 Å². The Kier molecular flexibility index (Phi) is 6.77. The first-order chi connectivity index (χ1) is 21.1. The molecule has 3 saturated carbocycles. The first-order valence-electron chi connectivity index (χ1n) is 17.4. The molecule has 0 aliphatic heterocycles. The molecule has 0 spiro atoms. The Morgan fingerprint density at radius 1 is 0.911 bits per heavy atom. The molecule has 1 heterocycles. The van der Waals surface area contributed by atoms with Crippen LogP contribution in [0.5, 0.6) is 0 Å².